The molecule has 3 nitrogen and oxygen atoms in total. The average molecular weight is 320 g/mol. The summed E-state index contributed by atoms with van der Waals surface area (Å²) in [5.74, 6) is -0.274. The van der Waals surface area contributed by atoms with Gasteiger partial charge in [0.1, 0.15) is 0 Å². The van der Waals surface area contributed by atoms with E-state index < -0.39 is 23.3 Å². The lowest BCUT2D eigenvalue weighted by Gasteiger charge is -2.36. The summed E-state index contributed by atoms with van der Waals surface area (Å²) >= 11 is 0. The van der Waals surface area contributed by atoms with Gasteiger partial charge in [0.05, 0.1) is 23.4 Å². The number of rotatable bonds is 0. The highest BCUT2D eigenvalue weighted by atomic mass is 19.4. The number of alkyl halides is 3. The Bertz CT molecular complexity index is 866. The monoisotopic (exact) mass is 320 g/mol. The van der Waals surface area contributed by atoms with Crippen LogP contribution >= 0.6 is 0 Å². The Morgan fingerprint density at radius 1 is 1.30 bits per heavy atom. The molecule has 3 atom stereocenters. The van der Waals surface area contributed by atoms with Gasteiger partial charge in [-0.25, -0.2) is 0 Å². The van der Waals surface area contributed by atoms with E-state index in [2.05, 4.69) is 10.2 Å². The molecule has 3 aliphatic carbocycles. The number of H-pyrrole nitrogens is 1. The number of hydrogen-bond acceptors (Lipinski definition) is 2. The standard InChI is InChI=1S/C17H15F3N2O/c18-17(19,20)14-13-9-1-2-12-11(7-21-22-12)10(9)6-16(13)4-3-8(5-16)15(14)23/h1-2,7-8,15,23H,3-6H2,(H,21,22)/t8-,15?,16+/m1/s1. The van der Waals surface area contributed by atoms with Gasteiger partial charge in [0, 0.05) is 10.8 Å². The molecule has 0 radical (unpaired) electrons. The van der Waals surface area contributed by atoms with E-state index in [-0.39, 0.29) is 5.92 Å². The van der Waals surface area contributed by atoms with Gasteiger partial charge in [-0.15, -0.1) is 0 Å². The highest BCUT2D eigenvalue weighted by Gasteiger charge is 2.59. The number of fused-ring (bicyclic) bond motifs is 5. The third-order valence-electron chi connectivity index (χ3n) is 6.01. The van der Waals surface area contributed by atoms with E-state index in [1.807, 2.05) is 0 Å². The van der Waals surface area contributed by atoms with Crippen LogP contribution in [0.4, 0.5) is 13.2 Å². The topological polar surface area (TPSA) is 48.9 Å². The zero-order chi connectivity index (χ0) is 16.0. The highest BCUT2D eigenvalue weighted by molar-refractivity contribution is 5.93. The molecule has 1 unspecified atom stereocenters. The molecule has 1 aromatic heterocycles. The summed E-state index contributed by atoms with van der Waals surface area (Å²) in [4.78, 5) is 0. The zero-order valence-electron chi connectivity index (χ0n) is 12.2. The van der Waals surface area contributed by atoms with Crippen molar-refractivity contribution in [2.45, 2.75) is 38.0 Å². The maximum absolute atomic E-state index is 13.7. The fourth-order valence-corrected chi connectivity index (χ4v) is 5.16. The lowest BCUT2D eigenvalue weighted by atomic mass is 9.70. The summed E-state index contributed by atoms with van der Waals surface area (Å²) in [6.45, 7) is 0. The van der Waals surface area contributed by atoms with Crippen LogP contribution in [0.1, 0.15) is 30.4 Å². The Kier molecular flexibility index (Phi) is 2.35. The average Bonchev–Trinajstić information content (AvgIpc) is 3.15. The number of nitrogens with zero attached hydrogens (tertiary/aromatic N) is 1. The van der Waals surface area contributed by atoms with Crippen molar-refractivity contribution in [3.63, 3.8) is 0 Å². The van der Waals surface area contributed by atoms with Crippen LogP contribution in [0.25, 0.3) is 16.5 Å². The second kappa shape index (κ2) is 3.98. The van der Waals surface area contributed by atoms with Crippen LogP contribution in [0.5, 0.6) is 0 Å². The van der Waals surface area contributed by atoms with Gasteiger partial charge in [-0.2, -0.15) is 18.3 Å². The predicted molar refractivity (Wildman–Crippen MR) is 78.6 cm³/mol. The number of aromatic nitrogens is 2. The molecule has 2 N–H and O–H groups in total. The van der Waals surface area contributed by atoms with Crippen LogP contribution in [0, 0.1) is 11.3 Å². The van der Waals surface area contributed by atoms with Gasteiger partial charge in [-0.05, 0) is 54.4 Å². The molecule has 1 heterocycles. The first kappa shape index (κ1) is 13.6. The largest absolute Gasteiger partial charge is 0.415 e. The molecular formula is C17H15F3N2O. The number of aliphatic hydroxyl groups is 1. The Hall–Kier alpha value is -1.82. The van der Waals surface area contributed by atoms with E-state index in [0.29, 0.717) is 30.4 Å². The zero-order valence-corrected chi connectivity index (χ0v) is 12.2. The first-order valence-electron chi connectivity index (χ1n) is 7.86. The number of allylic oxidation sites excluding steroid dienone is 1. The molecule has 1 aromatic carbocycles. The minimum absolute atomic E-state index is 0.274. The number of hydrogen-bond donors (Lipinski definition) is 2. The van der Waals surface area contributed by atoms with Crippen molar-refractivity contribution >= 4 is 16.5 Å². The first-order valence-corrected chi connectivity index (χ1v) is 7.86. The van der Waals surface area contributed by atoms with Crippen LogP contribution in [0.15, 0.2) is 23.9 Å². The Balaban J connectivity index is 1.87. The number of aromatic amines is 1. The van der Waals surface area contributed by atoms with Crippen molar-refractivity contribution in [3.8, 4) is 0 Å². The normalized spacial score (nSPS) is 32.5. The van der Waals surface area contributed by atoms with Crippen LogP contribution in [0.2, 0.25) is 0 Å². The molecule has 3 aliphatic rings. The van der Waals surface area contributed by atoms with Crippen LogP contribution in [0.3, 0.4) is 0 Å². The fourth-order valence-electron chi connectivity index (χ4n) is 5.16. The third-order valence-corrected chi connectivity index (χ3v) is 6.01. The van der Waals surface area contributed by atoms with Crippen molar-refractivity contribution in [1.82, 2.24) is 10.2 Å². The third kappa shape index (κ3) is 1.57. The molecule has 2 aromatic rings. The van der Waals surface area contributed by atoms with E-state index in [1.165, 1.54) is 0 Å². The molecule has 6 heteroatoms. The lowest BCUT2D eigenvalue weighted by molar-refractivity contribution is -0.111. The summed E-state index contributed by atoms with van der Waals surface area (Å²) in [6.07, 6.45) is -1.54. The molecule has 120 valence electrons. The second-order valence-electron chi connectivity index (χ2n) is 7.11. The lowest BCUT2D eigenvalue weighted by Crippen LogP contribution is -2.37. The van der Waals surface area contributed by atoms with Crippen molar-refractivity contribution in [2.75, 3.05) is 0 Å². The van der Waals surface area contributed by atoms with Gasteiger partial charge in [-0.3, -0.25) is 5.10 Å². The smallest absolute Gasteiger partial charge is 0.388 e. The number of benzene rings is 1. The summed E-state index contributed by atoms with van der Waals surface area (Å²) in [5.41, 5.74) is 1.65. The molecule has 5 rings (SSSR count). The number of halogens is 3. The molecule has 2 bridgehead atoms. The van der Waals surface area contributed by atoms with E-state index in [1.54, 1.807) is 18.3 Å². The Labute approximate surface area is 130 Å². The summed E-state index contributed by atoms with van der Waals surface area (Å²) in [6, 6.07) is 3.55. The maximum atomic E-state index is 13.7. The Morgan fingerprint density at radius 3 is 2.91 bits per heavy atom. The summed E-state index contributed by atoms with van der Waals surface area (Å²) in [7, 11) is 0. The molecule has 23 heavy (non-hydrogen) atoms. The number of aliphatic hydroxyl groups excluding tert-OH is 1. The maximum Gasteiger partial charge on any atom is 0.415 e. The first-order chi connectivity index (χ1) is 10.9. The Morgan fingerprint density at radius 2 is 2.13 bits per heavy atom. The van der Waals surface area contributed by atoms with Crippen LogP contribution in [-0.4, -0.2) is 27.6 Å². The van der Waals surface area contributed by atoms with E-state index in [9.17, 15) is 18.3 Å². The van der Waals surface area contributed by atoms with Crippen LogP contribution in [-0.2, 0) is 6.42 Å². The minimum atomic E-state index is -4.49. The molecule has 1 spiro atoms. The van der Waals surface area contributed by atoms with Gasteiger partial charge in [0.25, 0.3) is 0 Å². The fraction of sp³-hybridized carbons (Fsp3) is 0.471. The molecule has 0 amide bonds. The molecule has 0 aliphatic heterocycles. The minimum Gasteiger partial charge on any atom is -0.388 e. The van der Waals surface area contributed by atoms with Gasteiger partial charge in [0.2, 0.25) is 0 Å². The molecular weight excluding hydrogens is 305 g/mol. The highest BCUT2D eigenvalue weighted by Crippen LogP contribution is 2.65. The van der Waals surface area contributed by atoms with Gasteiger partial charge >= 0.3 is 6.18 Å². The van der Waals surface area contributed by atoms with Crippen molar-refractivity contribution in [3.05, 3.63) is 35.0 Å². The van der Waals surface area contributed by atoms with Crippen molar-refractivity contribution < 1.29 is 18.3 Å². The van der Waals surface area contributed by atoms with E-state index in [4.69, 9.17) is 0 Å². The van der Waals surface area contributed by atoms with E-state index >= 15 is 0 Å². The summed E-state index contributed by atoms with van der Waals surface area (Å²) < 4.78 is 41.1. The van der Waals surface area contributed by atoms with Gasteiger partial charge in [0.15, 0.2) is 0 Å². The quantitative estimate of drug-likeness (QED) is 0.779. The van der Waals surface area contributed by atoms with Gasteiger partial charge in [-0.1, -0.05) is 6.07 Å². The summed E-state index contributed by atoms with van der Waals surface area (Å²) in [5, 5.41) is 18.1. The SMILES string of the molecule is OC1C(C(F)(F)F)=C2c3ccc4[nH]ncc4c3C[C@@]23CC[C@@H]1C3. The van der Waals surface area contributed by atoms with Crippen molar-refractivity contribution in [1.29, 1.82) is 0 Å². The molecule has 1 fully saturated rings. The second-order valence-corrected chi connectivity index (χ2v) is 7.11. The van der Waals surface area contributed by atoms with E-state index in [0.717, 1.165) is 22.9 Å². The predicted octanol–water partition coefficient (Wildman–Crippen LogP) is 3.60. The van der Waals surface area contributed by atoms with Gasteiger partial charge < -0.3 is 5.11 Å². The van der Waals surface area contributed by atoms with Crippen molar-refractivity contribution in [2.24, 2.45) is 11.3 Å². The molecule has 0 saturated heterocycles. The molecule has 1 saturated carbocycles. The number of nitrogens with one attached hydrogen (secondary N) is 1. The van der Waals surface area contributed by atoms with Crippen LogP contribution < -0.4 is 0 Å².